The Morgan fingerprint density at radius 3 is 2.62 bits per heavy atom. The minimum Gasteiger partial charge on any atom is -0.377 e. The second-order valence-corrected chi connectivity index (χ2v) is 7.75. The Kier molecular flexibility index (Phi) is 6.64. The zero-order chi connectivity index (χ0) is 24.3. The van der Waals surface area contributed by atoms with Crippen molar-refractivity contribution < 1.29 is 32.0 Å². The summed E-state index contributed by atoms with van der Waals surface area (Å²) in [7, 11) is 0. The van der Waals surface area contributed by atoms with Crippen molar-refractivity contribution >= 4 is 11.8 Å². The Bertz CT molecular complexity index is 1180. The minimum atomic E-state index is -4.74. The minimum absolute atomic E-state index is 0.137. The number of carbonyl (C=O) groups excluding carboxylic acids is 2. The van der Waals surface area contributed by atoms with Gasteiger partial charge in [0.15, 0.2) is 0 Å². The molecule has 1 unspecified atom stereocenters. The number of rotatable bonds is 5. The van der Waals surface area contributed by atoms with Gasteiger partial charge in [-0.3, -0.25) is 9.59 Å². The van der Waals surface area contributed by atoms with Gasteiger partial charge in [-0.2, -0.15) is 18.2 Å². The van der Waals surface area contributed by atoms with Crippen LogP contribution in [0, 0.1) is 6.92 Å². The van der Waals surface area contributed by atoms with E-state index in [1.165, 1.54) is 18.2 Å². The summed E-state index contributed by atoms with van der Waals surface area (Å²) in [5, 5.41) is 6.18. The first-order chi connectivity index (χ1) is 16.2. The maximum absolute atomic E-state index is 12.9. The van der Waals surface area contributed by atoms with Crippen molar-refractivity contribution in [2.75, 3.05) is 26.3 Å². The third-order valence-electron chi connectivity index (χ3n) is 5.41. The van der Waals surface area contributed by atoms with Gasteiger partial charge in [0.25, 0.3) is 11.8 Å². The number of nitrogens with one attached hydrogen (secondary N) is 1. The molecular formula is C23H21F3N4O4. The summed E-state index contributed by atoms with van der Waals surface area (Å²) in [5.74, 6) is -2.18. The molecule has 1 aromatic heterocycles. The molecule has 178 valence electrons. The molecule has 0 saturated carbocycles. The van der Waals surface area contributed by atoms with Crippen LogP contribution in [0.3, 0.4) is 0 Å². The van der Waals surface area contributed by atoms with Crippen LogP contribution >= 0.6 is 0 Å². The van der Waals surface area contributed by atoms with E-state index in [1.807, 2.05) is 6.07 Å². The van der Waals surface area contributed by atoms with Gasteiger partial charge in [-0.05, 0) is 36.8 Å². The normalized spacial score (nSPS) is 16.4. The number of carbonyl (C=O) groups is 2. The van der Waals surface area contributed by atoms with E-state index in [0.29, 0.717) is 29.8 Å². The lowest BCUT2D eigenvalue weighted by molar-refractivity contribution is -0.159. The molecular weight excluding hydrogens is 453 g/mol. The number of amides is 2. The van der Waals surface area contributed by atoms with E-state index in [4.69, 9.17) is 4.74 Å². The van der Waals surface area contributed by atoms with Gasteiger partial charge >= 0.3 is 12.1 Å². The standard InChI is InChI=1S/C23H21F3N4O4/c1-14-11-16(19-28-22(34-29-19)23(24,25)26)7-8-18(14)20(31)27-12-17-13-33-10-9-30(17)21(32)15-5-3-2-4-6-15/h2-8,11,17H,9-10,12-13H2,1H3,(H,27,31). The molecule has 2 heterocycles. The Morgan fingerprint density at radius 1 is 1.18 bits per heavy atom. The van der Waals surface area contributed by atoms with Gasteiger partial charge in [0.1, 0.15) is 0 Å². The fourth-order valence-corrected chi connectivity index (χ4v) is 3.66. The van der Waals surface area contributed by atoms with Crippen molar-refractivity contribution in [1.29, 1.82) is 0 Å². The monoisotopic (exact) mass is 474 g/mol. The summed E-state index contributed by atoms with van der Waals surface area (Å²) in [6, 6.07) is 13.0. The SMILES string of the molecule is Cc1cc(-c2noc(C(F)(F)F)n2)ccc1C(=O)NCC1COCCN1C(=O)c1ccccc1. The third kappa shape index (κ3) is 5.09. The number of halogens is 3. The van der Waals surface area contributed by atoms with Gasteiger partial charge in [0, 0.05) is 29.8 Å². The van der Waals surface area contributed by atoms with E-state index in [-0.39, 0.29) is 42.4 Å². The molecule has 1 saturated heterocycles. The van der Waals surface area contributed by atoms with E-state index in [2.05, 4.69) is 20.0 Å². The van der Waals surface area contributed by atoms with Crippen molar-refractivity contribution in [3.63, 3.8) is 0 Å². The Balaban J connectivity index is 1.43. The largest absolute Gasteiger partial charge is 0.471 e. The quantitative estimate of drug-likeness (QED) is 0.609. The number of alkyl halides is 3. The summed E-state index contributed by atoms with van der Waals surface area (Å²) >= 11 is 0. The van der Waals surface area contributed by atoms with Crippen molar-refractivity contribution in [3.8, 4) is 11.4 Å². The smallest absolute Gasteiger partial charge is 0.377 e. The van der Waals surface area contributed by atoms with Gasteiger partial charge in [-0.1, -0.05) is 29.4 Å². The molecule has 34 heavy (non-hydrogen) atoms. The molecule has 3 aromatic rings. The first kappa shape index (κ1) is 23.4. The van der Waals surface area contributed by atoms with Gasteiger partial charge < -0.3 is 19.5 Å². The van der Waals surface area contributed by atoms with Crippen LogP contribution in [-0.4, -0.2) is 59.2 Å². The average molecular weight is 474 g/mol. The molecule has 1 aliphatic rings. The molecule has 2 aromatic carbocycles. The van der Waals surface area contributed by atoms with Crippen LogP contribution in [0.2, 0.25) is 0 Å². The fourth-order valence-electron chi connectivity index (χ4n) is 3.66. The summed E-state index contributed by atoms with van der Waals surface area (Å²) < 4.78 is 47.8. The zero-order valence-corrected chi connectivity index (χ0v) is 18.1. The second-order valence-electron chi connectivity index (χ2n) is 7.75. The summed E-state index contributed by atoms with van der Waals surface area (Å²) in [6.45, 7) is 2.94. The number of benzene rings is 2. The predicted molar refractivity (Wildman–Crippen MR) is 114 cm³/mol. The topological polar surface area (TPSA) is 97.6 Å². The van der Waals surface area contributed by atoms with Crippen molar-refractivity contribution in [3.05, 3.63) is 71.1 Å². The number of morpholine rings is 1. The number of ether oxygens (including phenoxy) is 1. The molecule has 2 amide bonds. The average Bonchev–Trinajstić information content (AvgIpc) is 3.34. The third-order valence-corrected chi connectivity index (χ3v) is 5.41. The molecule has 1 fully saturated rings. The van der Waals surface area contributed by atoms with Crippen LogP contribution in [0.1, 0.15) is 32.2 Å². The number of nitrogens with zero attached hydrogens (tertiary/aromatic N) is 3. The fraction of sp³-hybridized carbons (Fsp3) is 0.304. The number of aromatic nitrogens is 2. The highest BCUT2D eigenvalue weighted by atomic mass is 19.4. The van der Waals surface area contributed by atoms with Crippen LogP contribution in [0.25, 0.3) is 11.4 Å². The van der Waals surface area contributed by atoms with Gasteiger partial charge in [-0.15, -0.1) is 0 Å². The van der Waals surface area contributed by atoms with E-state index < -0.39 is 12.1 Å². The zero-order valence-electron chi connectivity index (χ0n) is 18.1. The van der Waals surface area contributed by atoms with Crippen molar-refractivity contribution in [2.24, 2.45) is 0 Å². The second kappa shape index (κ2) is 9.64. The van der Waals surface area contributed by atoms with E-state index in [9.17, 15) is 22.8 Å². The summed E-state index contributed by atoms with van der Waals surface area (Å²) in [4.78, 5) is 30.7. The van der Waals surface area contributed by atoms with Crippen LogP contribution in [0.5, 0.6) is 0 Å². The summed E-state index contributed by atoms with van der Waals surface area (Å²) in [6.07, 6.45) is -4.74. The lowest BCUT2D eigenvalue weighted by Gasteiger charge is -2.35. The Hall–Kier alpha value is -3.73. The number of aryl methyl sites for hydroxylation is 1. The molecule has 8 nitrogen and oxygen atoms in total. The molecule has 0 bridgehead atoms. The molecule has 0 radical (unpaired) electrons. The van der Waals surface area contributed by atoms with Crippen LogP contribution in [0.15, 0.2) is 53.1 Å². The molecule has 1 N–H and O–H groups in total. The molecule has 0 aliphatic carbocycles. The molecule has 1 atom stereocenters. The van der Waals surface area contributed by atoms with Crippen LogP contribution in [-0.2, 0) is 10.9 Å². The van der Waals surface area contributed by atoms with E-state index in [0.717, 1.165) is 0 Å². The molecule has 1 aliphatic heterocycles. The molecule has 11 heteroatoms. The van der Waals surface area contributed by atoms with E-state index in [1.54, 1.807) is 36.1 Å². The lowest BCUT2D eigenvalue weighted by atomic mass is 10.0. The summed E-state index contributed by atoms with van der Waals surface area (Å²) in [5.41, 5.74) is 1.70. The Labute approximate surface area is 192 Å². The van der Waals surface area contributed by atoms with Crippen LogP contribution in [0.4, 0.5) is 13.2 Å². The van der Waals surface area contributed by atoms with Crippen molar-refractivity contribution in [2.45, 2.75) is 19.1 Å². The van der Waals surface area contributed by atoms with Crippen molar-refractivity contribution in [1.82, 2.24) is 20.4 Å². The van der Waals surface area contributed by atoms with Gasteiger partial charge in [0.05, 0.1) is 19.3 Å². The highest BCUT2D eigenvalue weighted by Gasteiger charge is 2.38. The number of hydrogen-bond acceptors (Lipinski definition) is 6. The van der Waals surface area contributed by atoms with Crippen LogP contribution < -0.4 is 5.32 Å². The Morgan fingerprint density at radius 2 is 1.94 bits per heavy atom. The first-order valence-corrected chi connectivity index (χ1v) is 10.5. The van der Waals surface area contributed by atoms with Gasteiger partial charge in [0.2, 0.25) is 5.82 Å². The van der Waals surface area contributed by atoms with E-state index >= 15 is 0 Å². The highest BCUT2D eigenvalue weighted by Crippen LogP contribution is 2.29. The maximum Gasteiger partial charge on any atom is 0.471 e. The molecule has 4 rings (SSSR count). The van der Waals surface area contributed by atoms with Gasteiger partial charge in [-0.25, -0.2) is 0 Å². The first-order valence-electron chi connectivity index (χ1n) is 10.5. The lowest BCUT2D eigenvalue weighted by Crippen LogP contribution is -2.53. The predicted octanol–water partition coefficient (Wildman–Crippen LogP) is 3.33. The highest BCUT2D eigenvalue weighted by molar-refractivity contribution is 5.96. The number of hydrogen-bond donors (Lipinski definition) is 1. The molecule has 0 spiro atoms. The maximum atomic E-state index is 12.9.